The summed E-state index contributed by atoms with van der Waals surface area (Å²) in [5.74, 6) is -0.116. The summed E-state index contributed by atoms with van der Waals surface area (Å²) in [4.78, 5) is 24.4. The lowest BCUT2D eigenvalue weighted by Crippen LogP contribution is -1.94. The first kappa shape index (κ1) is 15.4. The monoisotopic (exact) mass is 321 g/mol. The van der Waals surface area contributed by atoms with Crippen LogP contribution in [0.15, 0.2) is 30.3 Å². The van der Waals surface area contributed by atoms with Gasteiger partial charge in [0.15, 0.2) is 5.78 Å². The molecule has 0 saturated heterocycles. The van der Waals surface area contributed by atoms with E-state index in [1.807, 2.05) is 19.9 Å². The first-order valence-electron chi connectivity index (χ1n) is 6.12. The van der Waals surface area contributed by atoms with E-state index in [0.717, 1.165) is 9.75 Å². The van der Waals surface area contributed by atoms with Crippen LogP contribution in [0.3, 0.4) is 0 Å². The van der Waals surface area contributed by atoms with E-state index >= 15 is 0 Å². The van der Waals surface area contributed by atoms with Gasteiger partial charge in [-0.05, 0) is 37.6 Å². The van der Waals surface area contributed by atoms with Crippen LogP contribution in [-0.4, -0.2) is 10.7 Å². The molecular weight excluding hydrogens is 310 g/mol. The Kier molecular flexibility index (Phi) is 4.55. The van der Waals surface area contributed by atoms with Crippen molar-refractivity contribution in [3.63, 3.8) is 0 Å². The first-order valence-corrected chi connectivity index (χ1v) is 7.31. The van der Waals surface area contributed by atoms with Gasteiger partial charge in [-0.15, -0.1) is 11.3 Å². The first-order chi connectivity index (χ1) is 9.88. The van der Waals surface area contributed by atoms with Crippen LogP contribution in [0.4, 0.5) is 5.69 Å². The number of carbonyl (C=O) groups excluding carboxylic acids is 1. The molecule has 0 aliphatic rings. The maximum absolute atomic E-state index is 12.1. The zero-order valence-electron chi connectivity index (χ0n) is 11.4. The largest absolute Gasteiger partial charge is 0.289 e. The van der Waals surface area contributed by atoms with Gasteiger partial charge in [0.1, 0.15) is 5.02 Å². The third-order valence-corrected chi connectivity index (χ3v) is 4.19. The second-order valence-corrected chi connectivity index (χ2v) is 6.36. The zero-order chi connectivity index (χ0) is 15.6. The van der Waals surface area contributed by atoms with Gasteiger partial charge in [-0.2, -0.15) is 0 Å². The number of hydrogen-bond acceptors (Lipinski definition) is 4. The lowest BCUT2D eigenvalue weighted by molar-refractivity contribution is -0.384. The average Bonchev–Trinajstić information content (AvgIpc) is 2.76. The number of nitro groups is 1. The van der Waals surface area contributed by atoms with Gasteiger partial charge in [0, 0.05) is 21.4 Å². The fourth-order valence-corrected chi connectivity index (χ4v) is 3.03. The Morgan fingerprint density at radius 2 is 2.05 bits per heavy atom. The molecule has 21 heavy (non-hydrogen) atoms. The van der Waals surface area contributed by atoms with E-state index in [4.69, 9.17) is 11.6 Å². The highest BCUT2D eigenvalue weighted by atomic mass is 35.5. The second kappa shape index (κ2) is 6.20. The maximum atomic E-state index is 12.1. The van der Waals surface area contributed by atoms with Gasteiger partial charge in [0.2, 0.25) is 0 Å². The third-order valence-electron chi connectivity index (χ3n) is 2.90. The Labute approximate surface area is 130 Å². The van der Waals surface area contributed by atoms with Crippen molar-refractivity contribution in [1.29, 1.82) is 0 Å². The van der Waals surface area contributed by atoms with Crippen LogP contribution in [0, 0.1) is 24.0 Å². The van der Waals surface area contributed by atoms with E-state index in [9.17, 15) is 14.9 Å². The standard InChI is InChI=1S/C15H12ClNO3S/c1-9-7-12(10(2)21-9)15(18)6-4-11-3-5-13(16)14(8-11)17(19)20/h3-8H,1-2H3/b6-4+. The van der Waals surface area contributed by atoms with Gasteiger partial charge in [-0.25, -0.2) is 0 Å². The molecule has 0 saturated carbocycles. The molecule has 0 aliphatic carbocycles. The highest BCUT2D eigenvalue weighted by Gasteiger charge is 2.12. The van der Waals surface area contributed by atoms with Crippen molar-refractivity contribution in [2.45, 2.75) is 13.8 Å². The molecule has 6 heteroatoms. The van der Waals surface area contributed by atoms with Crippen molar-refractivity contribution < 1.29 is 9.72 Å². The van der Waals surface area contributed by atoms with Gasteiger partial charge in [-0.1, -0.05) is 23.7 Å². The van der Waals surface area contributed by atoms with Crippen molar-refractivity contribution >= 4 is 40.5 Å². The van der Waals surface area contributed by atoms with E-state index in [-0.39, 0.29) is 16.5 Å². The molecule has 0 unspecified atom stereocenters. The summed E-state index contributed by atoms with van der Waals surface area (Å²) in [6, 6.07) is 6.27. The minimum atomic E-state index is -0.548. The van der Waals surface area contributed by atoms with E-state index in [1.54, 1.807) is 23.5 Å². The Bertz CT molecular complexity index is 749. The molecule has 1 aromatic heterocycles. The van der Waals surface area contributed by atoms with Gasteiger partial charge < -0.3 is 0 Å². The number of benzene rings is 1. The maximum Gasteiger partial charge on any atom is 0.288 e. The smallest absolute Gasteiger partial charge is 0.288 e. The van der Waals surface area contributed by atoms with E-state index < -0.39 is 4.92 Å². The van der Waals surface area contributed by atoms with Crippen molar-refractivity contribution in [3.05, 3.63) is 66.4 Å². The number of hydrogen-bond donors (Lipinski definition) is 0. The summed E-state index contributed by atoms with van der Waals surface area (Å²) in [7, 11) is 0. The Morgan fingerprint density at radius 3 is 2.62 bits per heavy atom. The molecule has 0 atom stereocenters. The highest BCUT2D eigenvalue weighted by molar-refractivity contribution is 7.12. The van der Waals surface area contributed by atoms with Crippen molar-refractivity contribution in [2.24, 2.45) is 0 Å². The quantitative estimate of drug-likeness (QED) is 0.351. The second-order valence-electron chi connectivity index (χ2n) is 4.49. The number of carbonyl (C=O) groups is 1. The van der Waals surface area contributed by atoms with Crippen LogP contribution in [0.2, 0.25) is 5.02 Å². The van der Waals surface area contributed by atoms with Crippen molar-refractivity contribution in [3.8, 4) is 0 Å². The molecule has 2 rings (SSSR count). The number of thiophene rings is 1. The predicted octanol–water partition coefficient (Wildman–Crippen LogP) is 4.82. The molecule has 108 valence electrons. The summed E-state index contributed by atoms with van der Waals surface area (Å²) in [5, 5.41) is 10.9. The fourth-order valence-electron chi connectivity index (χ4n) is 1.91. The minimum Gasteiger partial charge on any atom is -0.289 e. The number of rotatable bonds is 4. The number of nitro benzene ring substituents is 1. The topological polar surface area (TPSA) is 60.2 Å². The van der Waals surface area contributed by atoms with Gasteiger partial charge in [-0.3, -0.25) is 14.9 Å². The van der Waals surface area contributed by atoms with Crippen molar-refractivity contribution in [1.82, 2.24) is 0 Å². The van der Waals surface area contributed by atoms with Crippen LogP contribution in [0.1, 0.15) is 25.7 Å². The number of ketones is 1. The van der Waals surface area contributed by atoms with Gasteiger partial charge in [0.25, 0.3) is 5.69 Å². The summed E-state index contributed by atoms with van der Waals surface area (Å²) in [6.45, 7) is 3.84. The molecule has 0 bridgehead atoms. The molecule has 0 amide bonds. The molecule has 0 fully saturated rings. The summed E-state index contributed by atoms with van der Waals surface area (Å²) >= 11 is 7.31. The summed E-state index contributed by atoms with van der Waals surface area (Å²) in [6.07, 6.45) is 2.97. The lowest BCUT2D eigenvalue weighted by atomic mass is 10.1. The number of nitrogens with zero attached hydrogens (tertiary/aromatic N) is 1. The molecule has 0 aliphatic heterocycles. The van der Waals surface area contributed by atoms with E-state index in [1.165, 1.54) is 18.2 Å². The Morgan fingerprint density at radius 1 is 1.33 bits per heavy atom. The molecule has 1 aromatic carbocycles. The average molecular weight is 322 g/mol. The zero-order valence-corrected chi connectivity index (χ0v) is 13.0. The van der Waals surface area contributed by atoms with Gasteiger partial charge in [0.05, 0.1) is 4.92 Å². The number of aryl methyl sites for hydroxylation is 2. The number of halogens is 1. The number of allylic oxidation sites excluding steroid dienone is 1. The molecule has 4 nitrogen and oxygen atoms in total. The molecule has 0 radical (unpaired) electrons. The van der Waals surface area contributed by atoms with Crippen LogP contribution in [0.25, 0.3) is 6.08 Å². The molecule has 1 heterocycles. The molecule has 0 N–H and O–H groups in total. The Balaban J connectivity index is 2.25. The highest BCUT2D eigenvalue weighted by Crippen LogP contribution is 2.26. The molecule has 0 spiro atoms. The van der Waals surface area contributed by atoms with Crippen LogP contribution >= 0.6 is 22.9 Å². The van der Waals surface area contributed by atoms with Crippen molar-refractivity contribution in [2.75, 3.05) is 0 Å². The minimum absolute atomic E-state index is 0.0766. The Hall–Kier alpha value is -1.98. The van der Waals surface area contributed by atoms with E-state index in [2.05, 4.69) is 0 Å². The van der Waals surface area contributed by atoms with Crippen LogP contribution in [0.5, 0.6) is 0 Å². The third kappa shape index (κ3) is 3.56. The van der Waals surface area contributed by atoms with Crippen LogP contribution < -0.4 is 0 Å². The predicted molar refractivity (Wildman–Crippen MR) is 85.3 cm³/mol. The lowest BCUT2D eigenvalue weighted by Gasteiger charge is -1.97. The fraction of sp³-hybridized carbons (Fsp3) is 0.133. The summed E-state index contributed by atoms with van der Waals surface area (Å²) < 4.78 is 0. The SMILES string of the molecule is Cc1cc(C(=O)/C=C/c2ccc(Cl)c([N+](=O)[O-])c2)c(C)s1. The molecule has 2 aromatic rings. The van der Waals surface area contributed by atoms with Gasteiger partial charge >= 0.3 is 0 Å². The van der Waals surface area contributed by atoms with Crippen LogP contribution in [-0.2, 0) is 0 Å². The summed E-state index contributed by atoms with van der Waals surface area (Å²) in [5.41, 5.74) is 1.05. The molecular formula is C15H12ClNO3S. The van der Waals surface area contributed by atoms with E-state index in [0.29, 0.717) is 11.1 Å². The normalized spacial score (nSPS) is 11.0.